The topological polar surface area (TPSA) is 37.0 Å². The molecule has 0 aromatic carbocycles. The fourth-order valence-electron chi connectivity index (χ4n) is 2.15. The van der Waals surface area contributed by atoms with E-state index < -0.39 is 0 Å². The fraction of sp³-hybridized carbons (Fsp3) is 0.706. The molecule has 2 rings (SSSR count). The third-order valence-corrected chi connectivity index (χ3v) is 3.53. The first-order valence-corrected chi connectivity index (χ1v) is 7.96. The minimum atomic E-state index is 0.145. The van der Waals surface area contributed by atoms with Gasteiger partial charge in [-0.2, -0.15) is 0 Å². The van der Waals surface area contributed by atoms with E-state index in [2.05, 4.69) is 49.6 Å². The van der Waals surface area contributed by atoms with Crippen molar-refractivity contribution in [2.24, 2.45) is 0 Å². The van der Waals surface area contributed by atoms with Gasteiger partial charge in [0.15, 0.2) is 0 Å². The van der Waals surface area contributed by atoms with Crippen molar-refractivity contribution < 1.29 is 0 Å². The summed E-state index contributed by atoms with van der Waals surface area (Å²) in [5.74, 6) is 0. The van der Waals surface area contributed by atoms with Crippen LogP contribution >= 0.6 is 0 Å². The van der Waals surface area contributed by atoms with Crippen molar-refractivity contribution in [1.29, 1.82) is 0 Å². The maximum Gasteiger partial charge on any atom is 0.0545 e. The van der Waals surface area contributed by atoms with Gasteiger partial charge in [-0.25, -0.2) is 0 Å². The van der Waals surface area contributed by atoms with Gasteiger partial charge in [0, 0.05) is 23.8 Å². The lowest BCUT2D eigenvalue weighted by Gasteiger charge is -2.20. The molecule has 1 aromatic heterocycles. The average molecular weight is 275 g/mol. The average Bonchev–Trinajstić information content (AvgIpc) is 3.20. The van der Waals surface area contributed by atoms with Gasteiger partial charge < -0.3 is 10.6 Å². The molecule has 0 amide bonds. The van der Waals surface area contributed by atoms with Crippen molar-refractivity contribution in [2.45, 2.75) is 71.0 Å². The summed E-state index contributed by atoms with van der Waals surface area (Å²) >= 11 is 0. The highest BCUT2D eigenvalue weighted by atomic mass is 15.0. The zero-order chi connectivity index (χ0) is 14.4. The molecule has 112 valence electrons. The Balaban J connectivity index is 1.68. The molecule has 1 aliphatic carbocycles. The number of hydrogen-bond donors (Lipinski definition) is 2. The van der Waals surface area contributed by atoms with Crippen LogP contribution in [0, 0.1) is 0 Å². The van der Waals surface area contributed by atoms with E-state index >= 15 is 0 Å². The molecule has 3 heteroatoms. The molecule has 1 fully saturated rings. The number of nitrogens with zero attached hydrogens (tertiary/aromatic N) is 1. The predicted molar refractivity (Wildman–Crippen MR) is 84.8 cm³/mol. The van der Waals surface area contributed by atoms with Crippen molar-refractivity contribution in [3.05, 3.63) is 29.6 Å². The maximum absolute atomic E-state index is 4.74. The molecule has 0 spiro atoms. The maximum atomic E-state index is 4.74. The van der Waals surface area contributed by atoms with E-state index in [1.165, 1.54) is 31.4 Å². The molecular weight excluding hydrogens is 246 g/mol. The van der Waals surface area contributed by atoms with Gasteiger partial charge in [0.1, 0.15) is 0 Å². The minimum Gasteiger partial charge on any atom is -0.314 e. The summed E-state index contributed by atoms with van der Waals surface area (Å²) in [6.45, 7) is 8.56. The highest BCUT2D eigenvalue weighted by Crippen LogP contribution is 2.18. The van der Waals surface area contributed by atoms with Crippen LogP contribution < -0.4 is 10.6 Å². The lowest BCUT2D eigenvalue weighted by molar-refractivity contribution is 0.421. The Morgan fingerprint density at radius 1 is 1.15 bits per heavy atom. The summed E-state index contributed by atoms with van der Waals surface area (Å²) in [7, 11) is 0. The van der Waals surface area contributed by atoms with Crippen LogP contribution in [0.3, 0.4) is 0 Å². The number of pyridine rings is 1. The van der Waals surface area contributed by atoms with Crippen LogP contribution in [0.5, 0.6) is 0 Å². The van der Waals surface area contributed by atoms with Gasteiger partial charge in [-0.1, -0.05) is 6.07 Å². The smallest absolute Gasteiger partial charge is 0.0545 e. The third kappa shape index (κ3) is 6.49. The molecule has 0 aliphatic heterocycles. The van der Waals surface area contributed by atoms with E-state index in [1.54, 1.807) is 0 Å². The fourth-order valence-corrected chi connectivity index (χ4v) is 2.15. The molecule has 1 heterocycles. The second kappa shape index (κ2) is 7.19. The van der Waals surface area contributed by atoms with Gasteiger partial charge in [0.05, 0.1) is 5.69 Å². The second-order valence-corrected chi connectivity index (χ2v) is 6.91. The summed E-state index contributed by atoms with van der Waals surface area (Å²) in [6, 6.07) is 7.22. The summed E-state index contributed by atoms with van der Waals surface area (Å²) in [5, 5.41) is 7.05. The first-order valence-electron chi connectivity index (χ1n) is 7.96. The van der Waals surface area contributed by atoms with Crippen molar-refractivity contribution >= 4 is 0 Å². The number of aryl methyl sites for hydroxylation is 1. The summed E-state index contributed by atoms with van der Waals surface area (Å²) in [5.41, 5.74) is 2.52. The number of rotatable bonds is 8. The van der Waals surface area contributed by atoms with Crippen LogP contribution in [0.2, 0.25) is 0 Å². The van der Waals surface area contributed by atoms with E-state index in [1.807, 2.05) is 0 Å². The van der Waals surface area contributed by atoms with Gasteiger partial charge in [-0.15, -0.1) is 0 Å². The zero-order valence-electron chi connectivity index (χ0n) is 13.2. The number of nitrogens with one attached hydrogen (secondary N) is 2. The SMILES string of the molecule is CC(C)(C)NCc1cccc(CCCCNC2CC2)n1. The largest absolute Gasteiger partial charge is 0.314 e. The van der Waals surface area contributed by atoms with Gasteiger partial charge in [-0.05, 0) is 71.6 Å². The van der Waals surface area contributed by atoms with E-state index in [4.69, 9.17) is 4.98 Å². The van der Waals surface area contributed by atoms with Gasteiger partial charge >= 0.3 is 0 Å². The molecule has 1 aliphatic rings. The monoisotopic (exact) mass is 275 g/mol. The Bertz CT molecular complexity index is 405. The Kier molecular flexibility index (Phi) is 5.55. The first-order chi connectivity index (χ1) is 9.53. The van der Waals surface area contributed by atoms with E-state index in [0.717, 1.165) is 31.2 Å². The van der Waals surface area contributed by atoms with Crippen molar-refractivity contribution in [3.63, 3.8) is 0 Å². The minimum absolute atomic E-state index is 0.145. The van der Waals surface area contributed by atoms with Gasteiger partial charge in [0.2, 0.25) is 0 Å². The lowest BCUT2D eigenvalue weighted by Crippen LogP contribution is -2.35. The Morgan fingerprint density at radius 2 is 1.90 bits per heavy atom. The van der Waals surface area contributed by atoms with Crippen LogP contribution in [0.25, 0.3) is 0 Å². The standard InChI is InChI=1S/C17H29N3/c1-17(2,3)19-13-16-9-6-8-15(20-16)7-4-5-12-18-14-10-11-14/h6,8-9,14,18-19H,4-5,7,10-13H2,1-3H3. The highest BCUT2D eigenvalue weighted by Gasteiger charge is 2.19. The highest BCUT2D eigenvalue weighted by molar-refractivity contribution is 5.11. The van der Waals surface area contributed by atoms with E-state index in [0.29, 0.717) is 0 Å². The summed E-state index contributed by atoms with van der Waals surface area (Å²) in [4.78, 5) is 4.74. The van der Waals surface area contributed by atoms with Crippen LogP contribution in [0.15, 0.2) is 18.2 Å². The molecule has 1 aromatic rings. The first kappa shape index (κ1) is 15.5. The lowest BCUT2D eigenvalue weighted by atomic mass is 10.1. The molecule has 0 saturated heterocycles. The van der Waals surface area contributed by atoms with E-state index in [-0.39, 0.29) is 5.54 Å². The Labute approximate surface area is 123 Å². The molecule has 0 unspecified atom stereocenters. The molecular formula is C17H29N3. The molecule has 20 heavy (non-hydrogen) atoms. The molecule has 3 nitrogen and oxygen atoms in total. The van der Waals surface area contributed by atoms with Gasteiger partial charge in [-0.3, -0.25) is 4.98 Å². The van der Waals surface area contributed by atoms with Crippen LogP contribution in [0.4, 0.5) is 0 Å². The molecule has 0 bridgehead atoms. The molecule has 2 N–H and O–H groups in total. The van der Waals surface area contributed by atoms with Crippen molar-refractivity contribution in [3.8, 4) is 0 Å². The molecule has 0 atom stereocenters. The Morgan fingerprint density at radius 3 is 2.60 bits per heavy atom. The quantitative estimate of drug-likeness (QED) is 0.716. The normalized spacial score (nSPS) is 15.6. The summed E-state index contributed by atoms with van der Waals surface area (Å²) < 4.78 is 0. The van der Waals surface area contributed by atoms with Crippen LogP contribution in [-0.4, -0.2) is 23.1 Å². The number of aromatic nitrogens is 1. The number of hydrogen-bond acceptors (Lipinski definition) is 3. The third-order valence-electron chi connectivity index (χ3n) is 3.53. The second-order valence-electron chi connectivity index (χ2n) is 6.91. The van der Waals surface area contributed by atoms with Crippen molar-refractivity contribution in [2.75, 3.05) is 6.54 Å². The molecule has 1 saturated carbocycles. The predicted octanol–water partition coefficient (Wildman–Crippen LogP) is 3.04. The van der Waals surface area contributed by atoms with Crippen LogP contribution in [-0.2, 0) is 13.0 Å². The molecule has 0 radical (unpaired) electrons. The van der Waals surface area contributed by atoms with Crippen LogP contribution in [0.1, 0.15) is 57.8 Å². The van der Waals surface area contributed by atoms with Crippen molar-refractivity contribution in [1.82, 2.24) is 15.6 Å². The van der Waals surface area contributed by atoms with E-state index in [9.17, 15) is 0 Å². The number of unbranched alkanes of at least 4 members (excludes halogenated alkanes) is 1. The summed E-state index contributed by atoms with van der Waals surface area (Å²) in [6.07, 6.45) is 6.33. The van der Waals surface area contributed by atoms with Gasteiger partial charge in [0.25, 0.3) is 0 Å². The Hall–Kier alpha value is -0.930. The zero-order valence-corrected chi connectivity index (χ0v) is 13.2.